The molecule has 0 radical (unpaired) electrons. The zero-order valence-corrected chi connectivity index (χ0v) is 14.7. The molecule has 1 aromatic carbocycles. The first-order chi connectivity index (χ1) is 11.1. The van der Waals surface area contributed by atoms with Crippen LogP contribution in [-0.4, -0.2) is 45.2 Å². The van der Waals surface area contributed by atoms with Crippen LogP contribution in [0, 0.1) is 6.92 Å². The van der Waals surface area contributed by atoms with E-state index in [0.717, 1.165) is 11.3 Å². The van der Waals surface area contributed by atoms with E-state index in [0.29, 0.717) is 43.7 Å². The van der Waals surface area contributed by atoms with Crippen molar-refractivity contribution in [1.29, 1.82) is 0 Å². The Morgan fingerprint density at radius 2 is 2.04 bits per heavy atom. The van der Waals surface area contributed by atoms with Crippen LogP contribution < -0.4 is 16.0 Å². The maximum Gasteiger partial charge on any atom is 0.226 e. The fraction of sp³-hybridized carbons (Fsp3) is 0.500. The molecule has 0 saturated carbocycles. The number of guanidine groups is 1. The van der Waals surface area contributed by atoms with Gasteiger partial charge in [0.1, 0.15) is 0 Å². The van der Waals surface area contributed by atoms with Crippen molar-refractivity contribution in [3.05, 3.63) is 28.8 Å². The molecule has 0 aliphatic rings. The summed E-state index contributed by atoms with van der Waals surface area (Å²) in [5.41, 5.74) is 1.60. The lowest BCUT2D eigenvalue weighted by Crippen LogP contribution is -2.40. The fourth-order valence-corrected chi connectivity index (χ4v) is 2.03. The number of nitrogens with zero attached hydrogens (tertiary/aromatic N) is 1. The molecular weight excluding hydrogens is 316 g/mol. The van der Waals surface area contributed by atoms with Crippen LogP contribution in [0.25, 0.3) is 0 Å². The number of nitrogens with one attached hydrogen (secondary N) is 3. The van der Waals surface area contributed by atoms with Gasteiger partial charge in [-0.15, -0.1) is 0 Å². The van der Waals surface area contributed by atoms with Crippen molar-refractivity contribution in [3.8, 4) is 0 Å². The molecule has 7 heteroatoms. The van der Waals surface area contributed by atoms with E-state index in [4.69, 9.17) is 16.3 Å². The van der Waals surface area contributed by atoms with E-state index < -0.39 is 0 Å². The molecule has 0 fully saturated rings. The highest BCUT2D eigenvalue weighted by molar-refractivity contribution is 6.31. The van der Waals surface area contributed by atoms with Gasteiger partial charge < -0.3 is 20.7 Å². The van der Waals surface area contributed by atoms with Gasteiger partial charge in [0.25, 0.3) is 0 Å². The second kappa shape index (κ2) is 10.9. The summed E-state index contributed by atoms with van der Waals surface area (Å²) in [5, 5.41) is 9.69. The molecule has 6 nitrogen and oxygen atoms in total. The number of benzene rings is 1. The van der Waals surface area contributed by atoms with Crippen LogP contribution in [0.3, 0.4) is 0 Å². The standard InChI is InChI=1S/C16H25ClN4O2/c1-4-23-11-10-20-16(18-3)19-9-8-15(22)21-14-7-5-6-13(17)12(14)2/h5-7H,4,8-11H2,1-3H3,(H,21,22)(H2,18,19,20). The highest BCUT2D eigenvalue weighted by Crippen LogP contribution is 2.22. The normalized spacial score (nSPS) is 11.2. The van der Waals surface area contributed by atoms with Crippen LogP contribution in [0.4, 0.5) is 5.69 Å². The van der Waals surface area contributed by atoms with E-state index >= 15 is 0 Å². The third kappa shape index (κ3) is 7.34. The average Bonchev–Trinajstić information content (AvgIpc) is 2.54. The topological polar surface area (TPSA) is 74.8 Å². The Balaban J connectivity index is 2.31. The molecule has 1 rings (SSSR count). The van der Waals surface area contributed by atoms with Gasteiger partial charge in [-0.2, -0.15) is 0 Å². The van der Waals surface area contributed by atoms with Crippen molar-refractivity contribution in [2.75, 3.05) is 38.7 Å². The summed E-state index contributed by atoms with van der Waals surface area (Å²) >= 11 is 6.04. The summed E-state index contributed by atoms with van der Waals surface area (Å²) in [4.78, 5) is 16.1. The van der Waals surface area contributed by atoms with Crippen LogP contribution in [0.2, 0.25) is 5.02 Å². The summed E-state index contributed by atoms with van der Waals surface area (Å²) < 4.78 is 5.24. The van der Waals surface area contributed by atoms with Gasteiger partial charge in [0.2, 0.25) is 5.91 Å². The third-order valence-corrected chi connectivity index (χ3v) is 3.56. The minimum atomic E-state index is -0.0763. The van der Waals surface area contributed by atoms with E-state index in [-0.39, 0.29) is 5.91 Å². The van der Waals surface area contributed by atoms with Crippen molar-refractivity contribution in [2.24, 2.45) is 4.99 Å². The van der Waals surface area contributed by atoms with Gasteiger partial charge in [-0.3, -0.25) is 9.79 Å². The number of amides is 1. The Hall–Kier alpha value is -1.79. The first-order valence-corrected chi connectivity index (χ1v) is 8.03. The number of carbonyl (C=O) groups is 1. The minimum absolute atomic E-state index is 0.0763. The molecule has 1 aromatic rings. The van der Waals surface area contributed by atoms with Crippen molar-refractivity contribution in [1.82, 2.24) is 10.6 Å². The number of anilines is 1. The van der Waals surface area contributed by atoms with Crippen LogP contribution in [-0.2, 0) is 9.53 Å². The second-order valence-corrected chi connectivity index (χ2v) is 5.24. The van der Waals surface area contributed by atoms with Gasteiger partial charge in [0.15, 0.2) is 5.96 Å². The lowest BCUT2D eigenvalue weighted by molar-refractivity contribution is -0.116. The van der Waals surface area contributed by atoms with Crippen LogP contribution in [0.5, 0.6) is 0 Å². The Morgan fingerprint density at radius 1 is 1.30 bits per heavy atom. The molecule has 0 saturated heterocycles. The van der Waals surface area contributed by atoms with Gasteiger partial charge in [-0.25, -0.2) is 0 Å². The van der Waals surface area contributed by atoms with E-state index in [1.165, 1.54) is 0 Å². The first kappa shape index (κ1) is 19.3. The zero-order valence-electron chi connectivity index (χ0n) is 13.9. The van der Waals surface area contributed by atoms with E-state index in [2.05, 4.69) is 20.9 Å². The molecule has 0 aliphatic carbocycles. The Kier molecular flexibility index (Phi) is 9.09. The van der Waals surface area contributed by atoms with Crippen molar-refractivity contribution in [2.45, 2.75) is 20.3 Å². The summed E-state index contributed by atoms with van der Waals surface area (Å²) in [6.45, 7) is 6.29. The van der Waals surface area contributed by atoms with Gasteiger partial charge in [0, 0.05) is 43.9 Å². The molecule has 0 aliphatic heterocycles. The lowest BCUT2D eigenvalue weighted by atomic mass is 10.2. The smallest absolute Gasteiger partial charge is 0.226 e. The van der Waals surface area contributed by atoms with Gasteiger partial charge in [0.05, 0.1) is 6.61 Å². The van der Waals surface area contributed by atoms with Crippen LogP contribution >= 0.6 is 11.6 Å². The summed E-state index contributed by atoms with van der Waals surface area (Å²) in [6, 6.07) is 5.44. The SMILES string of the molecule is CCOCCNC(=NC)NCCC(=O)Nc1cccc(Cl)c1C. The summed E-state index contributed by atoms with van der Waals surface area (Å²) in [7, 11) is 1.69. The summed E-state index contributed by atoms with van der Waals surface area (Å²) in [6.07, 6.45) is 0.331. The molecule has 0 spiro atoms. The average molecular weight is 341 g/mol. The minimum Gasteiger partial charge on any atom is -0.380 e. The highest BCUT2D eigenvalue weighted by atomic mass is 35.5. The first-order valence-electron chi connectivity index (χ1n) is 7.65. The maximum absolute atomic E-state index is 12.0. The van der Waals surface area contributed by atoms with Crippen molar-refractivity contribution in [3.63, 3.8) is 0 Å². The number of halogens is 1. The number of ether oxygens (including phenoxy) is 1. The molecule has 0 heterocycles. The Morgan fingerprint density at radius 3 is 2.74 bits per heavy atom. The molecule has 3 N–H and O–H groups in total. The quantitative estimate of drug-likeness (QED) is 0.385. The second-order valence-electron chi connectivity index (χ2n) is 4.83. The summed E-state index contributed by atoms with van der Waals surface area (Å²) in [5.74, 6) is 0.573. The molecule has 0 atom stereocenters. The monoisotopic (exact) mass is 340 g/mol. The van der Waals surface area contributed by atoms with E-state index in [9.17, 15) is 4.79 Å². The molecule has 128 valence electrons. The number of carbonyl (C=O) groups excluding carboxylic acids is 1. The predicted molar refractivity (Wildman–Crippen MR) is 95.3 cm³/mol. The number of rotatable bonds is 8. The number of hydrogen-bond acceptors (Lipinski definition) is 3. The van der Waals surface area contributed by atoms with Crippen LogP contribution in [0.15, 0.2) is 23.2 Å². The van der Waals surface area contributed by atoms with Crippen molar-refractivity contribution >= 4 is 29.2 Å². The zero-order chi connectivity index (χ0) is 17.1. The Bertz CT molecular complexity index is 535. The molecule has 1 amide bonds. The predicted octanol–water partition coefficient (Wildman–Crippen LogP) is 2.18. The van der Waals surface area contributed by atoms with Gasteiger partial charge >= 0.3 is 0 Å². The third-order valence-electron chi connectivity index (χ3n) is 3.15. The van der Waals surface area contributed by atoms with Crippen molar-refractivity contribution < 1.29 is 9.53 Å². The highest BCUT2D eigenvalue weighted by Gasteiger charge is 2.07. The molecule has 0 bridgehead atoms. The number of aliphatic imine (C=N–C) groups is 1. The van der Waals surface area contributed by atoms with Crippen LogP contribution in [0.1, 0.15) is 18.9 Å². The van der Waals surface area contributed by atoms with Gasteiger partial charge in [-0.05, 0) is 31.5 Å². The lowest BCUT2D eigenvalue weighted by Gasteiger charge is -2.12. The maximum atomic E-state index is 12.0. The molecular formula is C16H25ClN4O2. The van der Waals surface area contributed by atoms with E-state index in [1.807, 2.05) is 26.0 Å². The molecule has 23 heavy (non-hydrogen) atoms. The molecule has 0 unspecified atom stereocenters. The largest absolute Gasteiger partial charge is 0.380 e. The van der Waals surface area contributed by atoms with Gasteiger partial charge in [-0.1, -0.05) is 17.7 Å². The fourth-order valence-electron chi connectivity index (χ4n) is 1.86. The van der Waals surface area contributed by atoms with E-state index in [1.54, 1.807) is 13.1 Å². The number of hydrogen-bond donors (Lipinski definition) is 3. The molecule has 0 aromatic heterocycles. The Labute approximate surface area is 142 Å².